The molecule has 0 N–H and O–H groups in total. The fraction of sp³-hybridized carbons (Fsp3) is 0.750. The topological polar surface area (TPSA) is 29.5 Å². The minimum absolute atomic E-state index is 0.0978. The molecule has 0 saturated carbocycles. The molecule has 0 spiro atoms. The Labute approximate surface area is 91.8 Å². The number of rotatable bonds is 4. The fourth-order valence-electron chi connectivity index (χ4n) is 1.45. The summed E-state index contributed by atoms with van der Waals surface area (Å²) in [7, 11) is 0. The molecular formula is C12H19NO2. The molecule has 3 heteroatoms. The lowest BCUT2D eigenvalue weighted by Gasteiger charge is -2.07. The molecule has 0 aromatic carbocycles. The second-order valence-electron chi connectivity index (χ2n) is 3.90. The summed E-state index contributed by atoms with van der Waals surface area (Å²) in [6, 6.07) is 2.96. The van der Waals surface area contributed by atoms with Crippen molar-refractivity contribution in [1.82, 2.24) is 4.90 Å². The van der Waals surface area contributed by atoms with Crippen molar-refractivity contribution in [2.24, 2.45) is 0 Å². The molecule has 1 aliphatic heterocycles. The van der Waals surface area contributed by atoms with Gasteiger partial charge in [0.15, 0.2) is 0 Å². The molecule has 1 fully saturated rings. The van der Waals surface area contributed by atoms with E-state index in [1.807, 2.05) is 6.92 Å². The Kier molecular flexibility index (Phi) is 5.03. The molecule has 0 unspecified atom stereocenters. The summed E-state index contributed by atoms with van der Waals surface area (Å²) in [6.45, 7) is 4.59. The summed E-state index contributed by atoms with van der Waals surface area (Å²) in [5.74, 6) is 3.02. The largest absolute Gasteiger partial charge is 0.446 e. The number of amides is 1. The average molecular weight is 209 g/mol. The van der Waals surface area contributed by atoms with E-state index in [-0.39, 0.29) is 12.1 Å². The van der Waals surface area contributed by atoms with Crippen molar-refractivity contribution in [3.63, 3.8) is 0 Å². The number of carbonyl (C=O) groups excluding carboxylic acids is 1. The first-order valence-corrected chi connectivity index (χ1v) is 5.70. The third-order valence-corrected chi connectivity index (χ3v) is 2.44. The molecule has 1 amide bonds. The van der Waals surface area contributed by atoms with Crippen molar-refractivity contribution < 1.29 is 9.53 Å². The number of hydrogen-bond acceptors (Lipinski definition) is 2. The number of ether oxygens (including phenoxy) is 1. The highest BCUT2D eigenvalue weighted by molar-refractivity contribution is 5.72. The lowest BCUT2D eigenvalue weighted by atomic mass is 10.2. The zero-order valence-corrected chi connectivity index (χ0v) is 9.58. The van der Waals surface area contributed by atoms with Crippen LogP contribution in [0.5, 0.6) is 0 Å². The zero-order valence-electron chi connectivity index (χ0n) is 9.58. The van der Waals surface area contributed by atoms with Gasteiger partial charge in [-0.2, -0.15) is 0 Å². The molecule has 0 bridgehead atoms. The van der Waals surface area contributed by atoms with Gasteiger partial charge >= 0.3 is 6.09 Å². The van der Waals surface area contributed by atoms with Crippen molar-refractivity contribution in [2.75, 3.05) is 6.61 Å². The van der Waals surface area contributed by atoms with Gasteiger partial charge in [0, 0.05) is 12.5 Å². The van der Waals surface area contributed by atoms with Gasteiger partial charge in [-0.25, -0.2) is 9.69 Å². The van der Waals surface area contributed by atoms with E-state index in [4.69, 9.17) is 4.74 Å². The van der Waals surface area contributed by atoms with Gasteiger partial charge in [-0.15, -0.1) is 0 Å². The van der Waals surface area contributed by atoms with Gasteiger partial charge in [0.2, 0.25) is 0 Å². The molecular weight excluding hydrogens is 190 g/mol. The lowest BCUT2D eigenvalue weighted by molar-refractivity contribution is 0.167. The first-order valence-electron chi connectivity index (χ1n) is 5.70. The summed E-state index contributed by atoms with van der Waals surface area (Å²) < 4.78 is 4.86. The highest BCUT2D eigenvalue weighted by Crippen LogP contribution is 2.09. The monoisotopic (exact) mass is 209 g/mol. The predicted molar refractivity (Wildman–Crippen MR) is 59.2 cm³/mol. The van der Waals surface area contributed by atoms with Crippen molar-refractivity contribution >= 4 is 6.09 Å². The van der Waals surface area contributed by atoms with Crippen molar-refractivity contribution in [2.45, 2.75) is 52.0 Å². The van der Waals surface area contributed by atoms with E-state index in [1.54, 1.807) is 0 Å². The highest BCUT2D eigenvalue weighted by atomic mass is 16.6. The molecule has 1 atom stereocenters. The Balaban J connectivity index is 2.22. The quantitative estimate of drug-likeness (QED) is 0.526. The van der Waals surface area contributed by atoms with Crippen LogP contribution in [0.4, 0.5) is 4.79 Å². The minimum atomic E-state index is -0.302. The molecule has 1 rings (SSSR count). The van der Waals surface area contributed by atoms with Crippen LogP contribution in [0.2, 0.25) is 0 Å². The van der Waals surface area contributed by atoms with Crippen LogP contribution in [-0.2, 0) is 4.74 Å². The van der Waals surface area contributed by atoms with E-state index in [1.165, 1.54) is 24.2 Å². The van der Waals surface area contributed by atoms with Crippen LogP contribution < -0.4 is 0 Å². The van der Waals surface area contributed by atoms with E-state index in [2.05, 4.69) is 18.9 Å². The fourth-order valence-corrected chi connectivity index (χ4v) is 1.45. The van der Waals surface area contributed by atoms with Gasteiger partial charge in [0.05, 0.1) is 6.04 Å². The Morgan fingerprint density at radius 1 is 1.47 bits per heavy atom. The third kappa shape index (κ3) is 3.83. The Morgan fingerprint density at radius 2 is 2.27 bits per heavy atom. The molecule has 0 aliphatic carbocycles. The number of carbonyl (C=O) groups is 1. The normalized spacial score (nSPS) is 19.7. The van der Waals surface area contributed by atoms with E-state index < -0.39 is 0 Å². The first-order chi connectivity index (χ1) is 7.25. The lowest BCUT2D eigenvalue weighted by Crippen LogP contribution is -2.25. The smallest absolute Gasteiger partial charge is 0.421 e. The maximum absolute atomic E-state index is 11.2. The maximum atomic E-state index is 11.2. The summed E-state index contributed by atoms with van der Waals surface area (Å²) in [6.07, 6.45) is 5.43. The van der Waals surface area contributed by atoms with Gasteiger partial charge in [-0.3, -0.25) is 0 Å². The maximum Gasteiger partial charge on any atom is 0.421 e. The minimum Gasteiger partial charge on any atom is -0.446 e. The van der Waals surface area contributed by atoms with Gasteiger partial charge in [0.25, 0.3) is 0 Å². The van der Waals surface area contributed by atoms with Crippen LogP contribution in [0.15, 0.2) is 0 Å². The van der Waals surface area contributed by atoms with E-state index in [0.29, 0.717) is 6.61 Å². The van der Waals surface area contributed by atoms with Crippen molar-refractivity contribution in [3.8, 4) is 12.0 Å². The summed E-state index contributed by atoms with van der Waals surface area (Å²) in [4.78, 5) is 12.6. The number of hydrogen-bond donors (Lipinski definition) is 0. The van der Waals surface area contributed by atoms with Crippen LogP contribution in [0, 0.1) is 12.0 Å². The second-order valence-corrected chi connectivity index (χ2v) is 3.90. The van der Waals surface area contributed by atoms with Crippen molar-refractivity contribution in [3.05, 3.63) is 0 Å². The highest BCUT2D eigenvalue weighted by Gasteiger charge is 2.27. The standard InChI is InChI=1S/C12H19NO2/c1-3-4-5-6-7-8-9-13-11(2)10-15-12(13)14/h11H,3-7,10H2,1-2H3/t11-/m1/s1. The SMILES string of the molecule is CCCCCCC#CN1C(=O)OC[C@H]1C. The van der Waals surface area contributed by atoms with Crippen molar-refractivity contribution in [1.29, 1.82) is 0 Å². The molecule has 0 radical (unpaired) electrons. The Bertz CT molecular complexity index is 265. The molecule has 0 aromatic rings. The first kappa shape index (κ1) is 11.9. The van der Waals surface area contributed by atoms with E-state index >= 15 is 0 Å². The molecule has 1 aliphatic rings. The molecule has 1 heterocycles. The van der Waals surface area contributed by atoms with Crippen LogP contribution in [0.25, 0.3) is 0 Å². The second kappa shape index (κ2) is 6.34. The summed E-state index contributed by atoms with van der Waals surface area (Å²) >= 11 is 0. The van der Waals surface area contributed by atoms with Gasteiger partial charge in [-0.1, -0.05) is 32.1 Å². The van der Waals surface area contributed by atoms with E-state index in [9.17, 15) is 4.79 Å². The van der Waals surface area contributed by atoms with Gasteiger partial charge in [-0.05, 0) is 13.3 Å². The van der Waals surface area contributed by atoms with Gasteiger partial charge < -0.3 is 4.74 Å². The molecule has 3 nitrogen and oxygen atoms in total. The van der Waals surface area contributed by atoms with Gasteiger partial charge in [0.1, 0.15) is 6.61 Å². The van der Waals surface area contributed by atoms with E-state index in [0.717, 1.165) is 12.8 Å². The van der Waals surface area contributed by atoms with Crippen LogP contribution >= 0.6 is 0 Å². The average Bonchev–Trinajstić information content (AvgIpc) is 2.54. The molecule has 1 saturated heterocycles. The van der Waals surface area contributed by atoms with Crippen LogP contribution in [0.3, 0.4) is 0 Å². The Morgan fingerprint density at radius 3 is 2.87 bits per heavy atom. The molecule has 15 heavy (non-hydrogen) atoms. The predicted octanol–water partition coefficient (Wildman–Crippen LogP) is 2.76. The van der Waals surface area contributed by atoms with Crippen LogP contribution in [-0.4, -0.2) is 23.6 Å². The third-order valence-electron chi connectivity index (χ3n) is 2.44. The molecule has 84 valence electrons. The Hall–Kier alpha value is -1.17. The number of nitrogens with zero attached hydrogens (tertiary/aromatic N) is 1. The zero-order chi connectivity index (χ0) is 11.1. The molecule has 0 aromatic heterocycles. The summed E-state index contributed by atoms with van der Waals surface area (Å²) in [5, 5.41) is 0. The summed E-state index contributed by atoms with van der Waals surface area (Å²) in [5.41, 5.74) is 0. The number of cyclic esters (lactones) is 1. The van der Waals surface area contributed by atoms with Crippen LogP contribution in [0.1, 0.15) is 46.0 Å². The number of unbranched alkanes of at least 4 members (excludes halogenated alkanes) is 4.